The van der Waals surface area contributed by atoms with Crippen LogP contribution in [0.3, 0.4) is 0 Å². The van der Waals surface area contributed by atoms with E-state index in [-0.39, 0.29) is 0 Å². The lowest BCUT2D eigenvalue weighted by Gasteiger charge is -2.07. The van der Waals surface area contributed by atoms with Gasteiger partial charge in [0.25, 0.3) is 0 Å². The number of aromatic nitrogens is 3. The fraction of sp³-hybridized carbons (Fsp3) is 0. The van der Waals surface area contributed by atoms with Crippen LogP contribution in [0.25, 0.3) is 11.0 Å². The summed E-state index contributed by atoms with van der Waals surface area (Å²) >= 11 is 11.2. The molecule has 1 N–H and O–H groups in total. The lowest BCUT2D eigenvalue weighted by molar-refractivity contribution is 0.870. The zero-order valence-electron chi connectivity index (χ0n) is 9.75. The lowest BCUT2D eigenvalue weighted by atomic mass is 10.3. The van der Waals surface area contributed by atoms with Gasteiger partial charge < -0.3 is 5.32 Å². The molecule has 0 aliphatic rings. The Labute approximate surface area is 120 Å². The zero-order chi connectivity index (χ0) is 13.2. The lowest BCUT2D eigenvalue weighted by Crippen LogP contribution is -2.20. The molecule has 0 aliphatic carbocycles. The topological polar surface area (TPSA) is 42.7 Å². The Bertz CT molecular complexity index is 736. The summed E-state index contributed by atoms with van der Waals surface area (Å²) in [5.74, 6) is 0. The van der Waals surface area contributed by atoms with E-state index in [1.165, 1.54) is 0 Å². The number of hydrogen-bond acceptors (Lipinski definition) is 3. The zero-order valence-corrected chi connectivity index (χ0v) is 11.3. The third kappa shape index (κ3) is 2.43. The second-order valence-corrected chi connectivity index (χ2v) is 4.75. The van der Waals surface area contributed by atoms with Gasteiger partial charge in [-0.1, -0.05) is 28.9 Å². The predicted octanol–water partition coefficient (Wildman–Crippen LogP) is 3.33. The van der Waals surface area contributed by atoms with Crippen LogP contribution < -0.4 is 5.32 Å². The predicted molar refractivity (Wildman–Crippen MR) is 80.6 cm³/mol. The normalized spacial score (nSPS) is 10.6. The van der Waals surface area contributed by atoms with Crippen LogP contribution in [0.1, 0.15) is 0 Å². The number of halogens is 1. The molecule has 1 aromatic heterocycles. The Kier molecular flexibility index (Phi) is 3.15. The molecule has 3 aromatic rings. The smallest absolute Gasteiger partial charge is 0.200 e. The largest absolute Gasteiger partial charge is 0.331 e. The number of benzene rings is 2. The molecule has 6 heteroatoms. The van der Waals surface area contributed by atoms with Crippen LogP contribution in [0.5, 0.6) is 0 Å². The SMILES string of the molecule is S=C(Nc1ccc(Cl)cc1)n1nnc2ccccc21. The van der Waals surface area contributed by atoms with E-state index in [1.54, 1.807) is 16.8 Å². The van der Waals surface area contributed by atoms with Gasteiger partial charge in [-0.05, 0) is 48.6 Å². The summed E-state index contributed by atoms with van der Waals surface area (Å²) in [5.41, 5.74) is 2.53. The highest BCUT2D eigenvalue weighted by Gasteiger charge is 2.08. The Morgan fingerprint density at radius 2 is 1.84 bits per heavy atom. The van der Waals surface area contributed by atoms with E-state index in [9.17, 15) is 0 Å². The first-order chi connectivity index (χ1) is 9.24. The summed E-state index contributed by atoms with van der Waals surface area (Å²) in [6, 6.07) is 15.0. The molecule has 2 aromatic carbocycles. The van der Waals surface area contributed by atoms with Crippen LogP contribution >= 0.6 is 23.8 Å². The van der Waals surface area contributed by atoms with Gasteiger partial charge in [-0.15, -0.1) is 5.10 Å². The summed E-state index contributed by atoms with van der Waals surface area (Å²) in [4.78, 5) is 0. The quantitative estimate of drug-likeness (QED) is 0.698. The summed E-state index contributed by atoms with van der Waals surface area (Å²) in [5, 5.41) is 12.4. The van der Waals surface area contributed by atoms with Crippen molar-refractivity contribution in [3.8, 4) is 0 Å². The first-order valence-corrected chi connectivity index (χ1v) is 6.40. The molecule has 1 heterocycles. The standard InChI is InChI=1S/C13H9ClN4S/c14-9-5-7-10(8-6-9)15-13(19)18-12-4-2-1-3-11(12)16-17-18/h1-8H,(H,15,19). The molecule has 0 fully saturated rings. The number of nitrogens with zero attached hydrogens (tertiary/aromatic N) is 3. The molecule has 0 saturated heterocycles. The first-order valence-electron chi connectivity index (χ1n) is 5.61. The van der Waals surface area contributed by atoms with Gasteiger partial charge in [0.2, 0.25) is 5.11 Å². The van der Waals surface area contributed by atoms with Crippen molar-refractivity contribution < 1.29 is 0 Å². The van der Waals surface area contributed by atoms with Gasteiger partial charge >= 0.3 is 0 Å². The minimum Gasteiger partial charge on any atom is -0.331 e. The first kappa shape index (κ1) is 12.1. The molecular weight excluding hydrogens is 280 g/mol. The number of anilines is 1. The number of nitrogens with one attached hydrogen (secondary N) is 1. The second-order valence-electron chi connectivity index (χ2n) is 3.93. The molecule has 4 nitrogen and oxygen atoms in total. The molecule has 0 bridgehead atoms. The molecule has 0 unspecified atom stereocenters. The van der Waals surface area contributed by atoms with Crippen molar-refractivity contribution in [2.24, 2.45) is 0 Å². The third-order valence-corrected chi connectivity index (χ3v) is 3.17. The van der Waals surface area contributed by atoms with E-state index in [1.807, 2.05) is 36.4 Å². The van der Waals surface area contributed by atoms with Gasteiger partial charge in [-0.25, -0.2) is 0 Å². The van der Waals surface area contributed by atoms with Crippen LogP contribution in [0, 0.1) is 0 Å². The van der Waals surface area contributed by atoms with Crippen LogP contribution in [0.2, 0.25) is 5.02 Å². The average molecular weight is 289 g/mol. The maximum Gasteiger partial charge on any atom is 0.200 e. The van der Waals surface area contributed by atoms with Crippen LogP contribution in [-0.4, -0.2) is 20.1 Å². The number of para-hydroxylation sites is 1. The third-order valence-electron chi connectivity index (χ3n) is 2.64. The van der Waals surface area contributed by atoms with Crippen LogP contribution in [0.4, 0.5) is 5.69 Å². The van der Waals surface area contributed by atoms with Gasteiger partial charge in [0, 0.05) is 10.7 Å². The van der Waals surface area contributed by atoms with Gasteiger partial charge in [0.05, 0.1) is 5.52 Å². The van der Waals surface area contributed by atoms with E-state index >= 15 is 0 Å². The molecule has 0 aliphatic heterocycles. The van der Waals surface area contributed by atoms with Crippen molar-refractivity contribution in [1.29, 1.82) is 0 Å². The molecule has 0 amide bonds. The minimum atomic E-state index is 0.469. The van der Waals surface area contributed by atoms with Gasteiger partial charge in [0.1, 0.15) is 5.52 Å². The minimum absolute atomic E-state index is 0.469. The van der Waals surface area contributed by atoms with Crippen LogP contribution in [0.15, 0.2) is 48.5 Å². The van der Waals surface area contributed by atoms with Crippen molar-refractivity contribution >= 4 is 45.7 Å². The van der Waals surface area contributed by atoms with E-state index in [2.05, 4.69) is 15.6 Å². The Morgan fingerprint density at radius 3 is 2.63 bits per heavy atom. The summed E-state index contributed by atoms with van der Waals surface area (Å²) < 4.78 is 1.60. The number of fused-ring (bicyclic) bond motifs is 1. The molecule has 0 atom stereocenters. The molecule has 19 heavy (non-hydrogen) atoms. The highest BCUT2D eigenvalue weighted by Crippen LogP contribution is 2.15. The summed E-state index contributed by atoms with van der Waals surface area (Å²) in [6.07, 6.45) is 0. The Morgan fingerprint density at radius 1 is 1.11 bits per heavy atom. The number of thiocarbonyl (C=S) groups is 1. The highest BCUT2D eigenvalue weighted by atomic mass is 35.5. The number of hydrogen-bond donors (Lipinski definition) is 1. The molecule has 94 valence electrons. The van der Waals surface area contributed by atoms with Crippen molar-refractivity contribution in [2.45, 2.75) is 0 Å². The Hall–Kier alpha value is -1.98. The van der Waals surface area contributed by atoms with Crippen molar-refractivity contribution in [1.82, 2.24) is 15.0 Å². The molecular formula is C13H9ClN4S. The van der Waals surface area contributed by atoms with Crippen LogP contribution in [-0.2, 0) is 0 Å². The van der Waals surface area contributed by atoms with E-state index in [0.717, 1.165) is 16.7 Å². The molecule has 0 saturated carbocycles. The van der Waals surface area contributed by atoms with Gasteiger partial charge in [-0.3, -0.25) is 0 Å². The van der Waals surface area contributed by atoms with Crippen molar-refractivity contribution in [3.05, 3.63) is 53.6 Å². The molecule has 0 radical (unpaired) electrons. The number of rotatable bonds is 1. The van der Waals surface area contributed by atoms with E-state index < -0.39 is 0 Å². The van der Waals surface area contributed by atoms with Gasteiger partial charge in [0.15, 0.2) is 0 Å². The highest BCUT2D eigenvalue weighted by molar-refractivity contribution is 7.80. The Balaban J connectivity index is 1.90. The molecule has 3 rings (SSSR count). The maximum absolute atomic E-state index is 5.84. The fourth-order valence-corrected chi connectivity index (χ4v) is 2.11. The van der Waals surface area contributed by atoms with Crippen molar-refractivity contribution in [2.75, 3.05) is 5.32 Å². The summed E-state index contributed by atoms with van der Waals surface area (Å²) in [7, 11) is 0. The van der Waals surface area contributed by atoms with Crippen molar-refractivity contribution in [3.63, 3.8) is 0 Å². The maximum atomic E-state index is 5.84. The summed E-state index contributed by atoms with van der Waals surface area (Å²) in [6.45, 7) is 0. The molecule has 0 spiro atoms. The van der Waals surface area contributed by atoms with E-state index in [4.69, 9.17) is 23.8 Å². The monoisotopic (exact) mass is 288 g/mol. The van der Waals surface area contributed by atoms with Gasteiger partial charge in [-0.2, -0.15) is 4.68 Å². The fourth-order valence-electron chi connectivity index (χ4n) is 1.73. The van der Waals surface area contributed by atoms with E-state index in [0.29, 0.717) is 10.1 Å². The second kappa shape index (κ2) is 4.95. The average Bonchev–Trinajstić information content (AvgIpc) is 2.85.